The monoisotopic (exact) mass is 346 g/mol. The summed E-state index contributed by atoms with van der Waals surface area (Å²) in [5.41, 5.74) is 6.44. The zero-order valence-electron chi connectivity index (χ0n) is 9.97. The first-order chi connectivity index (χ1) is 9.11. The van der Waals surface area contributed by atoms with Gasteiger partial charge in [0.1, 0.15) is 17.9 Å². The number of fused-ring (bicyclic) bond motifs is 1. The highest BCUT2D eigenvalue weighted by molar-refractivity contribution is 9.10. The number of hydrogen-bond donors (Lipinski definition) is 1. The van der Waals surface area contributed by atoms with E-state index >= 15 is 0 Å². The van der Waals surface area contributed by atoms with E-state index in [0.29, 0.717) is 18.8 Å². The average Bonchev–Trinajstić information content (AvgIpc) is 2.66. The molecule has 6 nitrogen and oxygen atoms in total. The smallest absolute Gasteiger partial charge is 0.404 e. The molecule has 19 heavy (non-hydrogen) atoms. The van der Waals surface area contributed by atoms with E-state index in [1.165, 1.54) is 0 Å². The second kappa shape index (κ2) is 6.21. The van der Waals surface area contributed by atoms with Crippen molar-refractivity contribution in [2.45, 2.75) is 13.0 Å². The molecule has 0 unspecified atom stereocenters. The summed E-state index contributed by atoms with van der Waals surface area (Å²) in [4.78, 5) is 19.4. The maximum absolute atomic E-state index is 10.6. The van der Waals surface area contributed by atoms with E-state index in [-0.39, 0.29) is 6.61 Å². The van der Waals surface area contributed by atoms with E-state index in [0.717, 1.165) is 21.5 Å². The Morgan fingerprint density at radius 2 is 2.37 bits per heavy atom. The Hall–Kier alpha value is -1.34. The fourth-order valence-electron chi connectivity index (χ4n) is 1.78. The molecular formula is C11H12BrClN4O2. The maximum atomic E-state index is 10.6. The summed E-state index contributed by atoms with van der Waals surface area (Å²) in [6.45, 7) is 0.619. The minimum atomic E-state index is -0.793. The number of alkyl halides is 1. The molecule has 1 amide bonds. The average molecular weight is 348 g/mol. The van der Waals surface area contributed by atoms with Crippen LogP contribution in [0.1, 0.15) is 5.82 Å². The highest BCUT2D eigenvalue weighted by atomic mass is 79.9. The molecule has 0 atom stereocenters. The van der Waals surface area contributed by atoms with Crippen molar-refractivity contribution in [3.8, 4) is 0 Å². The second-order valence-corrected chi connectivity index (χ2v) is 5.08. The lowest BCUT2D eigenvalue weighted by atomic mass is 10.4. The molecule has 2 aromatic heterocycles. The molecule has 102 valence electrons. The third-order valence-corrected chi connectivity index (χ3v) is 3.13. The number of nitrogens with zero attached hydrogens (tertiary/aromatic N) is 3. The van der Waals surface area contributed by atoms with Gasteiger partial charge in [-0.05, 0) is 22.0 Å². The Bertz CT molecular complexity index is 602. The van der Waals surface area contributed by atoms with Crippen LogP contribution in [-0.2, 0) is 17.7 Å². The molecule has 0 aliphatic heterocycles. The van der Waals surface area contributed by atoms with Gasteiger partial charge in [0.2, 0.25) is 0 Å². The van der Waals surface area contributed by atoms with Crippen molar-refractivity contribution in [2.75, 3.05) is 12.5 Å². The van der Waals surface area contributed by atoms with Crippen molar-refractivity contribution in [3.05, 3.63) is 22.6 Å². The highest BCUT2D eigenvalue weighted by Crippen LogP contribution is 2.19. The van der Waals surface area contributed by atoms with Gasteiger partial charge in [0.15, 0.2) is 5.65 Å². The second-order valence-electron chi connectivity index (χ2n) is 3.78. The van der Waals surface area contributed by atoms with Gasteiger partial charge in [-0.15, -0.1) is 11.6 Å². The molecule has 2 rings (SSSR count). The van der Waals surface area contributed by atoms with E-state index in [9.17, 15) is 4.79 Å². The van der Waals surface area contributed by atoms with Crippen LogP contribution in [-0.4, -0.2) is 33.1 Å². The lowest BCUT2D eigenvalue weighted by Gasteiger charge is -2.07. The quantitative estimate of drug-likeness (QED) is 0.839. The third kappa shape index (κ3) is 3.36. The van der Waals surface area contributed by atoms with Crippen LogP contribution in [0.25, 0.3) is 11.2 Å². The van der Waals surface area contributed by atoms with Gasteiger partial charge in [0.25, 0.3) is 0 Å². The van der Waals surface area contributed by atoms with Gasteiger partial charge in [0.05, 0.1) is 6.54 Å². The number of hydrogen-bond acceptors (Lipinski definition) is 4. The number of primary amides is 1. The van der Waals surface area contributed by atoms with Crippen molar-refractivity contribution >= 4 is 44.8 Å². The summed E-state index contributed by atoms with van der Waals surface area (Å²) in [5.74, 6) is 1.27. The van der Waals surface area contributed by atoms with Crippen LogP contribution in [0.5, 0.6) is 0 Å². The first-order valence-corrected chi connectivity index (χ1v) is 6.93. The molecule has 0 fully saturated rings. The van der Waals surface area contributed by atoms with Crippen LogP contribution in [0.4, 0.5) is 4.79 Å². The minimum absolute atomic E-state index is 0.174. The number of ether oxygens (including phenoxy) is 1. The number of rotatable bonds is 5. The van der Waals surface area contributed by atoms with Gasteiger partial charge in [-0.2, -0.15) is 0 Å². The van der Waals surface area contributed by atoms with E-state index < -0.39 is 6.09 Å². The number of aromatic nitrogens is 3. The fraction of sp³-hybridized carbons (Fsp3) is 0.364. The zero-order chi connectivity index (χ0) is 13.8. The lowest BCUT2D eigenvalue weighted by molar-refractivity contribution is 0.152. The summed E-state index contributed by atoms with van der Waals surface area (Å²) in [6.07, 6.45) is 1.52. The van der Waals surface area contributed by atoms with Crippen LogP contribution in [0.3, 0.4) is 0 Å². The van der Waals surface area contributed by atoms with Gasteiger partial charge in [-0.1, -0.05) is 0 Å². The molecule has 0 aliphatic rings. The topological polar surface area (TPSA) is 83.0 Å². The van der Waals surface area contributed by atoms with E-state index in [1.54, 1.807) is 6.20 Å². The van der Waals surface area contributed by atoms with Gasteiger partial charge in [-0.3, -0.25) is 0 Å². The maximum Gasteiger partial charge on any atom is 0.404 e. The van der Waals surface area contributed by atoms with Crippen molar-refractivity contribution < 1.29 is 9.53 Å². The summed E-state index contributed by atoms with van der Waals surface area (Å²) in [7, 11) is 0. The van der Waals surface area contributed by atoms with Crippen LogP contribution in [0, 0.1) is 0 Å². The molecule has 0 aliphatic carbocycles. The number of carbonyl (C=O) groups excluding carboxylic acids is 1. The van der Waals surface area contributed by atoms with Gasteiger partial charge >= 0.3 is 6.09 Å². The summed E-state index contributed by atoms with van der Waals surface area (Å²) >= 11 is 9.12. The van der Waals surface area contributed by atoms with Crippen LogP contribution >= 0.6 is 27.5 Å². The van der Waals surface area contributed by atoms with Crippen LogP contribution in [0.15, 0.2) is 16.7 Å². The summed E-state index contributed by atoms with van der Waals surface area (Å²) < 4.78 is 7.48. The SMILES string of the molecule is NC(=O)OCCn1c(CCCl)nc2cc(Br)cnc21. The largest absolute Gasteiger partial charge is 0.448 e. The van der Waals surface area contributed by atoms with Crippen molar-refractivity contribution in [2.24, 2.45) is 5.73 Å². The lowest BCUT2D eigenvalue weighted by Crippen LogP contribution is -2.18. The van der Waals surface area contributed by atoms with E-state index in [2.05, 4.69) is 25.9 Å². The normalized spacial score (nSPS) is 10.8. The molecule has 0 saturated carbocycles. The molecule has 0 radical (unpaired) electrons. The number of halogens is 2. The van der Waals surface area contributed by atoms with Crippen LogP contribution < -0.4 is 5.73 Å². The van der Waals surface area contributed by atoms with E-state index in [1.807, 2.05) is 10.6 Å². The number of imidazole rings is 1. The van der Waals surface area contributed by atoms with Crippen LogP contribution in [0.2, 0.25) is 0 Å². The first-order valence-electron chi connectivity index (χ1n) is 5.60. The van der Waals surface area contributed by atoms with Gasteiger partial charge in [0, 0.05) is 23.0 Å². The first kappa shape index (κ1) is 14.1. The number of aryl methyl sites for hydroxylation is 1. The van der Waals surface area contributed by atoms with Gasteiger partial charge < -0.3 is 15.0 Å². The summed E-state index contributed by atoms with van der Waals surface area (Å²) in [5, 5.41) is 0. The predicted molar refractivity (Wildman–Crippen MR) is 75.2 cm³/mol. The third-order valence-electron chi connectivity index (χ3n) is 2.51. The van der Waals surface area contributed by atoms with Crippen molar-refractivity contribution in [3.63, 3.8) is 0 Å². The van der Waals surface area contributed by atoms with Crippen molar-refractivity contribution in [1.82, 2.24) is 14.5 Å². The molecule has 2 aromatic rings. The Balaban J connectivity index is 2.31. The Kier molecular flexibility index (Phi) is 4.60. The number of carbonyl (C=O) groups is 1. The standard InChI is InChI=1S/C11H12BrClN4O2/c12-7-5-8-10(15-6-7)17(3-4-19-11(14)18)9(16-8)1-2-13/h5-6H,1-4H2,(H2,14,18). The van der Waals surface area contributed by atoms with Crippen molar-refractivity contribution in [1.29, 1.82) is 0 Å². The van der Waals surface area contributed by atoms with E-state index in [4.69, 9.17) is 22.1 Å². The Morgan fingerprint density at radius 1 is 1.58 bits per heavy atom. The Morgan fingerprint density at radius 3 is 3.05 bits per heavy atom. The fourth-order valence-corrected chi connectivity index (χ4v) is 2.27. The highest BCUT2D eigenvalue weighted by Gasteiger charge is 2.12. The molecule has 2 heterocycles. The minimum Gasteiger partial charge on any atom is -0.448 e. The molecule has 0 aromatic carbocycles. The predicted octanol–water partition coefficient (Wildman–Crippen LogP) is 2.07. The zero-order valence-corrected chi connectivity index (χ0v) is 12.3. The molecule has 0 bridgehead atoms. The Labute approximate surface area is 123 Å². The van der Waals surface area contributed by atoms with Gasteiger partial charge in [-0.25, -0.2) is 14.8 Å². The molecular weight excluding hydrogens is 336 g/mol. The number of amides is 1. The molecule has 8 heteroatoms. The molecule has 0 saturated heterocycles. The molecule has 0 spiro atoms. The molecule has 2 N–H and O–H groups in total. The summed E-state index contributed by atoms with van der Waals surface area (Å²) in [6, 6.07) is 1.88. The number of pyridine rings is 1. The number of nitrogens with two attached hydrogens (primary N) is 1.